The topological polar surface area (TPSA) is 26.3 Å². The number of ether oxygens (including phenoxy) is 1. The van der Waals surface area contributed by atoms with E-state index in [2.05, 4.69) is 0 Å². The Balaban J connectivity index is 3.85. The Morgan fingerprint density at radius 1 is 1.38 bits per heavy atom. The molecule has 0 aliphatic carbocycles. The molecule has 0 spiro atoms. The second kappa shape index (κ2) is 7.50. The monoisotopic (exact) mass is 244 g/mol. The first-order chi connectivity index (χ1) is 7.35. The van der Waals surface area contributed by atoms with Gasteiger partial charge in [0, 0.05) is 12.0 Å². The molecule has 0 N–H and O–H groups in total. The third-order valence-electron chi connectivity index (χ3n) is 1.79. The van der Waals surface area contributed by atoms with Crippen LogP contribution in [0, 0.1) is 0 Å². The normalized spacial score (nSPS) is 13.2. The lowest BCUT2D eigenvalue weighted by Gasteiger charge is -2.17. The highest BCUT2D eigenvalue weighted by molar-refractivity contribution is 6.18. The molecule has 0 aliphatic heterocycles. The van der Waals surface area contributed by atoms with E-state index < -0.39 is 5.60 Å². The van der Waals surface area contributed by atoms with Gasteiger partial charge in [-0.05, 0) is 40.5 Å². The Morgan fingerprint density at radius 2 is 2.00 bits per heavy atom. The lowest BCUT2D eigenvalue weighted by Crippen LogP contribution is -2.22. The number of halogens is 1. The molecule has 0 saturated carbocycles. The van der Waals surface area contributed by atoms with Crippen molar-refractivity contribution in [3.05, 3.63) is 23.8 Å². The maximum absolute atomic E-state index is 11.3. The minimum atomic E-state index is -0.421. The standard InChI is InChI=1S/C13H21ClO2/c1-11(9-10-14)7-5-6-8-12(15)16-13(2,3)4/h6,8-9H,5,7,10H2,1-4H3/b8-6+,11-9+. The molecule has 2 nitrogen and oxygen atoms in total. The SMILES string of the molecule is C/C(=C\CCl)CC/C=C/C(=O)OC(C)(C)C. The summed E-state index contributed by atoms with van der Waals surface area (Å²) in [7, 11) is 0. The molecule has 0 bridgehead atoms. The summed E-state index contributed by atoms with van der Waals surface area (Å²) in [5, 5.41) is 0. The molecule has 16 heavy (non-hydrogen) atoms. The van der Waals surface area contributed by atoms with Gasteiger partial charge < -0.3 is 4.74 Å². The number of hydrogen-bond donors (Lipinski definition) is 0. The smallest absolute Gasteiger partial charge is 0.330 e. The first kappa shape index (κ1) is 15.2. The Morgan fingerprint density at radius 3 is 2.50 bits per heavy atom. The van der Waals surface area contributed by atoms with Crippen molar-refractivity contribution in [2.45, 2.75) is 46.1 Å². The molecule has 0 atom stereocenters. The molecule has 0 heterocycles. The van der Waals surface area contributed by atoms with Crippen molar-refractivity contribution < 1.29 is 9.53 Å². The van der Waals surface area contributed by atoms with Crippen LogP contribution in [0.2, 0.25) is 0 Å². The molecular weight excluding hydrogens is 224 g/mol. The number of carbonyl (C=O) groups is 1. The van der Waals surface area contributed by atoms with E-state index in [4.69, 9.17) is 16.3 Å². The second-order valence-electron chi connectivity index (χ2n) is 4.68. The van der Waals surface area contributed by atoms with E-state index in [0.29, 0.717) is 5.88 Å². The molecule has 3 heteroatoms. The van der Waals surface area contributed by atoms with E-state index in [1.54, 1.807) is 0 Å². The Kier molecular flexibility index (Phi) is 7.15. The fourth-order valence-corrected chi connectivity index (χ4v) is 1.32. The molecule has 0 aromatic rings. The molecule has 0 aromatic heterocycles. The van der Waals surface area contributed by atoms with Crippen molar-refractivity contribution in [3.8, 4) is 0 Å². The fraction of sp³-hybridized carbons (Fsp3) is 0.615. The van der Waals surface area contributed by atoms with Crippen LogP contribution in [-0.4, -0.2) is 17.5 Å². The average Bonchev–Trinajstić information content (AvgIpc) is 2.10. The summed E-state index contributed by atoms with van der Waals surface area (Å²) in [5.74, 6) is 0.258. The Labute approximate surface area is 103 Å². The summed E-state index contributed by atoms with van der Waals surface area (Å²) in [4.78, 5) is 11.3. The summed E-state index contributed by atoms with van der Waals surface area (Å²) in [6.45, 7) is 7.59. The predicted octanol–water partition coefficient (Wildman–Crippen LogP) is 3.85. The molecule has 0 aliphatic rings. The largest absolute Gasteiger partial charge is 0.457 e. The van der Waals surface area contributed by atoms with Gasteiger partial charge in [-0.25, -0.2) is 4.79 Å². The number of alkyl halides is 1. The minimum absolute atomic E-state index is 0.286. The number of esters is 1. The quantitative estimate of drug-likeness (QED) is 0.318. The molecular formula is C13H21ClO2. The lowest BCUT2D eigenvalue weighted by molar-refractivity contribution is -0.148. The van der Waals surface area contributed by atoms with Crippen LogP contribution < -0.4 is 0 Å². The maximum atomic E-state index is 11.3. The summed E-state index contributed by atoms with van der Waals surface area (Å²) in [5.41, 5.74) is 0.819. The first-order valence-electron chi connectivity index (χ1n) is 5.46. The molecule has 0 saturated heterocycles. The first-order valence-corrected chi connectivity index (χ1v) is 5.99. The van der Waals surface area contributed by atoms with Gasteiger partial charge in [-0.15, -0.1) is 11.6 Å². The Hall–Kier alpha value is -0.760. The van der Waals surface area contributed by atoms with Crippen LogP contribution in [0.15, 0.2) is 23.8 Å². The van der Waals surface area contributed by atoms with E-state index in [1.807, 2.05) is 39.8 Å². The van der Waals surface area contributed by atoms with Crippen LogP contribution in [0.5, 0.6) is 0 Å². The van der Waals surface area contributed by atoms with Gasteiger partial charge in [0.1, 0.15) is 5.60 Å². The summed E-state index contributed by atoms with van der Waals surface area (Å²) in [6, 6.07) is 0. The van der Waals surface area contributed by atoms with Gasteiger partial charge in [0.25, 0.3) is 0 Å². The molecule has 0 rings (SSSR count). The van der Waals surface area contributed by atoms with Crippen molar-refractivity contribution in [1.29, 1.82) is 0 Å². The zero-order valence-electron chi connectivity index (χ0n) is 10.5. The van der Waals surface area contributed by atoms with Gasteiger partial charge in [0.2, 0.25) is 0 Å². The third-order valence-corrected chi connectivity index (χ3v) is 1.95. The Bertz CT molecular complexity index is 272. The third kappa shape index (κ3) is 9.78. The highest BCUT2D eigenvalue weighted by Crippen LogP contribution is 2.08. The lowest BCUT2D eigenvalue weighted by atomic mass is 10.1. The summed E-state index contributed by atoms with van der Waals surface area (Å²) in [6.07, 6.45) is 7.05. The number of carbonyl (C=O) groups excluding carboxylic acids is 1. The molecule has 92 valence electrons. The molecule has 0 radical (unpaired) electrons. The van der Waals surface area contributed by atoms with Crippen LogP contribution in [0.1, 0.15) is 40.5 Å². The van der Waals surface area contributed by atoms with Crippen molar-refractivity contribution in [2.75, 3.05) is 5.88 Å². The molecule has 0 amide bonds. The van der Waals surface area contributed by atoms with E-state index in [-0.39, 0.29) is 5.97 Å². The van der Waals surface area contributed by atoms with Gasteiger partial charge in [-0.3, -0.25) is 0 Å². The van der Waals surface area contributed by atoms with Gasteiger partial charge in [0.15, 0.2) is 0 Å². The van der Waals surface area contributed by atoms with Crippen LogP contribution >= 0.6 is 11.6 Å². The number of rotatable bonds is 5. The highest BCUT2D eigenvalue weighted by atomic mass is 35.5. The van der Waals surface area contributed by atoms with Crippen LogP contribution in [0.3, 0.4) is 0 Å². The van der Waals surface area contributed by atoms with E-state index in [9.17, 15) is 4.79 Å². The summed E-state index contributed by atoms with van der Waals surface area (Å²) < 4.78 is 5.13. The van der Waals surface area contributed by atoms with E-state index in [0.717, 1.165) is 12.8 Å². The van der Waals surface area contributed by atoms with E-state index >= 15 is 0 Å². The number of hydrogen-bond acceptors (Lipinski definition) is 2. The molecule has 0 fully saturated rings. The van der Waals surface area contributed by atoms with Crippen LogP contribution in [0.4, 0.5) is 0 Å². The highest BCUT2D eigenvalue weighted by Gasteiger charge is 2.13. The van der Waals surface area contributed by atoms with Gasteiger partial charge in [-0.1, -0.05) is 17.7 Å². The minimum Gasteiger partial charge on any atom is -0.457 e. The maximum Gasteiger partial charge on any atom is 0.330 e. The van der Waals surface area contributed by atoms with Crippen LogP contribution in [0.25, 0.3) is 0 Å². The van der Waals surface area contributed by atoms with Crippen LogP contribution in [-0.2, 0) is 9.53 Å². The van der Waals surface area contributed by atoms with Gasteiger partial charge in [0.05, 0.1) is 0 Å². The molecule has 0 unspecified atom stereocenters. The van der Waals surface area contributed by atoms with Crippen molar-refractivity contribution in [2.24, 2.45) is 0 Å². The van der Waals surface area contributed by atoms with Gasteiger partial charge in [-0.2, -0.15) is 0 Å². The zero-order chi connectivity index (χ0) is 12.6. The average molecular weight is 245 g/mol. The van der Waals surface area contributed by atoms with Crippen molar-refractivity contribution in [1.82, 2.24) is 0 Å². The van der Waals surface area contributed by atoms with Crippen molar-refractivity contribution >= 4 is 17.6 Å². The van der Waals surface area contributed by atoms with Gasteiger partial charge >= 0.3 is 5.97 Å². The molecule has 0 aromatic carbocycles. The summed E-state index contributed by atoms with van der Waals surface area (Å²) >= 11 is 5.56. The zero-order valence-corrected chi connectivity index (χ0v) is 11.3. The second-order valence-corrected chi connectivity index (χ2v) is 4.99. The predicted molar refractivity (Wildman–Crippen MR) is 68.7 cm³/mol. The fourth-order valence-electron chi connectivity index (χ4n) is 1.06. The van der Waals surface area contributed by atoms with E-state index in [1.165, 1.54) is 11.6 Å². The van der Waals surface area contributed by atoms with Crippen molar-refractivity contribution in [3.63, 3.8) is 0 Å². The number of allylic oxidation sites excluding steroid dienone is 3.